The molecule has 1 aromatic carbocycles. The number of terminal acetylenes is 1. The van der Waals surface area contributed by atoms with Gasteiger partial charge in [-0.15, -0.1) is 6.42 Å². The van der Waals surface area contributed by atoms with Gasteiger partial charge in [0.05, 0.1) is 12.2 Å². The van der Waals surface area contributed by atoms with Crippen molar-refractivity contribution in [3.63, 3.8) is 0 Å². The van der Waals surface area contributed by atoms with Gasteiger partial charge < -0.3 is 19.9 Å². The van der Waals surface area contributed by atoms with Crippen LogP contribution < -0.4 is 10.5 Å². The topological polar surface area (TPSA) is 70.8 Å². The zero-order valence-corrected chi connectivity index (χ0v) is 11.4. The van der Waals surface area contributed by atoms with Crippen molar-refractivity contribution in [2.75, 3.05) is 19.8 Å². The number of alkyl halides is 3. The third-order valence-electron chi connectivity index (χ3n) is 2.37. The van der Waals surface area contributed by atoms with Crippen molar-refractivity contribution >= 4 is 6.09 Å². The van der Waals surface area contributed by atoms with E-state index in [9.17, 15) is 18.0 Å². The largest absolute Gasteiger partial charge is 0.490 e. The summed E-state index contributed by atoms with van der Waals surface area (Å²) in [5, 5.41) is 0. The SMILES string of the molecule is C#CCOCC(COc1cccc(C(F)(F)F)c1)OC(N)=O. The van der Waals surface area contributed by atoms with E-state index in [2.05, 4.69) is 5.92 Å². The monoisotopic (exact) mass is 317 g/mol. The predicted molar refractivity (Wildman–Crippen MR) is 71.0 cm³/mol. The van der Waals surface area contributed by atoms with Crippen LogP contribution in [-0.4, -0.2) is 32.0 Å². The number of hydrogen-bond donors (Lipinski definition) is 1. The van der Waals surface area contributed by atoms with Gasteiger partial charge in [-0.25, -0.2) is 4.79 Å². The molecule has 8 heteroatoms. The molecule has 2 N–H and O–H groups in total. The van der Waals surface area contributed by atoms with Crippen molar-refractivity contribution in [3.05, 3.63) is 29.8 Å². The minimum absolute atomic E-state index is 0.0117. The number of carbonyl (C=O) groups excluding carboxylic acids is 1. The molecule has 1 atom stereocenters. The van der Waals surface area contributed by atoms with E-state index in [1.54, 1.807) is 0 Å². The van der Waals surface area contributed by atoms with Crippen LogP contribution in [0.1, 0.15) is 5.56 Å². The summed E-state index contributed by atoms with van der Waals surface area (Å²) in [6, 6.07) is 4.31. The maximum absolute atomic E-state index is 12.6. The summed E-state index contributed by atoms with van der Waals surface area (Å²) in [6.45, 7) is -0.330. The summed E-state index contributed by atoms with van der Waals surface area (Å²) >= 11 is 0. The zero-order valence-electron chi connectivity index (χ0n) is 11.4. The van der Waals surface area contributed by atoms with Crippen molar-refractivity contribution in [3.8, 4) is 18.1 Å². The third-order valence-corrected chi connectivity index (χ3v) is 2.37. The van der Waals surface area contributed by atoms with E-state index in [-0.39, 0.29) is 25.6 Å². The highest BCUT2D eigenvalue weighted by Gasteiger charge is 2.30. The van der Waals surface area contributed by atoms with E-state index in [1.807, 2.05) is 0 Å². The first-order valence-corrected chi connectivity index (χ1v) is 6.10. The number of primary amides is 1. The average Bonchev–Trinajstić information content (AvgIpc) is 2.44. The summed E-state index contributed by atoms with van der Waals surface area (Å²) in [5.74, 6) is 2.19. The fraction of sp³-hybridized carbons (Fsp3) is 0.357. The molecule has 22 heavy (non-hydrogen) atoms. The third kappa shape index (κ3) is 6.37. The second-order valence-electron chi connectivity index (χ2n) is 4.11. The fourth-order valence-electron chi connectivity index (χ4n) is 1.48. The van der Waals surface area contributed by atoms with Crippen LogP contribution in [0.25, 0.3) is 0 Å². The average molecular weight is 317 g/mol. The number of carbonyl (C=O) groups is 1. The number of rotatable bonds is 7. The maximum atomic E-state index is 12.6. The van der Waals surface area contributed by atoms with Gasteiger partial charge in [0.15, 0.2) is 6.10 Å². The molecule has 0 aliphatic rings. The molecule has 0 saturated heterocycles. The minimum Gasteiger partial charge on any atom is -0.490 e. The van der Waals surface area contributed by atoms with Crippen LogP contribution in [0.15, 0.2) is 24.3 Å². The zero-order chi connectivity index (χ0) is 16.6. The van der Waals surface area contributed by atoms with Gasteiger partial charge in [-0.2, -0.15) is 13.2 Å². The van der Waals surface area contributed by atoms with Gasteiger partial charge in [-0.1, -0.05) is 12.0 Å². The quantitative estimate of drug-likeness (QED) is 0.618. The van der Waals surface area contributed by atoms with E-state index < -0.39 is 23.9 Å². The highest BCUT2D eigenvalue weighted by Crippen LogP contribution is 2.31. The number of benzene rings is 1. The number of amides is 1. The Bertz CT molecular complexity index is 540. The summed E-state index contributed by atoms with van der Waals surface area (Å²) in [5.41, 5.74) is 4.04. The Balaban J connectivity index is 2.63. The van der Waals surface area contributed by atoms with Crippen molar-refractivity contribution in [1.29, 1.82) is 0 Å². The lowest BCUT2D eigenvalue weighted by Crippen LogP contribution is -2.32. The molecule has 1 rings (SSSR count). The van der Waals surface area contributed by atoms with Gasteiger partial charge in [0, 0.05) is 0 Å². The number of nitrogens with two attached hydrogens (primary N) is 1. The minimum atomic E-state index is -4.47. The summed E-state index contributed by atoms with van der Waals surface area (Å²) < 4.78 is 52.6. The van der Waals surface area contributed by atoms with Crippen LogP contribution in [0.2, 0.25) is 0 Å². The maximum Gasteiger partial charge on any atom is 0.416 e. The molecule has 120 valence electrons. The summed E-state index contributed by atoms with van der Waals surface area (Å²) in [4.78, 5) is 10.7. The first kappa shape index (κ1) is 17.7. The molecule has 0 aromatic heterocycles. The van der Waals surface area contributed by atoms with E-state index in [4.69, 9.17) is 26.4 Å². The van der Waals surface area contributed by atoms with E-state index >= 15 is 0 Å². The summed E-state index contributed by atoms with van der Waals surface area (Å²) in [7, 11) is 0. The lowest BCUT2D eigenvalue weighted by Gasteiger charge is -2.17. The van der Waals surface area contributed by atoms with Gasteiger partial charge >= 0.3 is 12.3 Å². The first-order chi connectivity index (χ1) is 10.3. The van der Waals surface area contributed by atoms with Crippen molar-refractivity contribution in [2.24, 2.45) is 5.73 Å². The highest BCUT2D eigenvalue weighted by atomic mass is 19.4. The van der Waals surface area contributed by atoms with Crippen LogP contribution in [0.4, 0.5) is 18.0 Å². The van der Waals surface area contributed by atoms with E-state index in [0.717, 1.165) is 12.1 Å². The van der Waals surface area contributed by atoms with Gasteiger partial charge in [0.1, 0.15) is 19.0 Å². The van der Waals surface area contributed by atoms with E-state index in [1.165, 1.54) is 12.1 Å². The molecule has 0 aliphatic heterocycles. The first-order valence-electron chi connectivity index (χ1n) is 6.10. The lowest BCUT2D eigenvalue weighted by atomic mass is 10.2. The van der Waals surface area contributed by atoms with Crippen molar-refractivity contribution in [2.45, 2.75) is 12.3 Å². The number of hydrogen-bond acceptors (Lipinski definition) is 4. The van der Waals surface area contributed by atoms with Gasteiger partial charge in [-0.3, -0.25) is 0 Å². The predicted octanol–water partition coefficient (Wildman–Crippen LogP) is 2.20. The molecule has 1 amide bonds. The van der Waals surface area contributed by atoms with Gasteiger partial charge in [-0.05, 0) is 18.2 Å². The Labute approximate surface area is 125 Å². The van der Waals surface area contributed by atoms with Gasteiger partial charge in [0.25, 0.3) is 0 Å². The molecule has 1 aromatic rings. The smallest absolute Gasteiger partial charge is 0.416 e. The van der Waals surface area contributed by atoms with Gasteiger partial charge in [0.2, 0.25) is 0 Å². The van der Waals surface area contributed by atoms with Crippen LogP contribution in [0, 0.1) is 12.3 Å². The second kappa shape index (κ2) is 8.14. The molecule has 0 fully saturated rings. The van der Waals surface area contributed by atoms with Crippen LogP contribution in [-0.2, 0) is 15.7 Å². The molecular formula is C14H14F3NO4. The molecule has 0 spiro atoms. The number of ether oxygens (including phenoxy) is 3. The molecule has 5 nitrogen and oxygen atoms in total. The fourth-order valence-corrected chi connectivity index (χ4v) is 1.48. The second-order valence-corrected chi connectivity index (χ2v) is 4.11. The van der Waals surface area contributed by atoms with Crippen LogP contribution in [0.3, 0.4) is 0 Å². The normalized spacial score (nSPS) is 12.3. The van der Waals surface area contributed by atoms with Crippen LogP contribution in [0.5, 0.6) is 5.75 Å². The van der Waals surface area contributed by atoms with Crippen molar-refractivity contribution < 1.29 is 32.2 Å². The Hall–Kier alpha value is -2.40. The highest BCUT2D eigenvalue weighted by molar-refractivity contribution is 5.64. The Morgan fingerprint density at radius 3 is 2.68 bits per heavy atom. The molecule has 1 unspecified atom stereocenters. The van der Waals surface area contributed by atoms with Crippen LogP contribution >= 0.6 is 0 Å². The molecule has 0 saturated carbocycles. The Kier molecular flexibility index (Phi) is 6.53. The Morgan fingerprint density at radius 1 is 1.36 bits per heavy atom. The molecule has 0 radical (unpaired) electrons. The van der Waals surface area contributed by atoms with E-state index in [0.29, 0.717) is 0 Å². The number of halogens is 3. The molecule has 0 bridgehead atoms. The lowest BCUT2D eigenvalue weighted by molar-refractivity contribution is -0.137. The Morgan fingerprint density at radius 2 is 2.09 bits per heavy atom. The standard InChI is InChI=1S/C14H14F3NO4/c1-2-6-20-8-12(22-13(18)19)9-21-11-5-3-4-10(7-11)14(15,16)17/h1,3-5,7,12H,6,8-9H2,(H2,18,19). The molecule has 0 heterocycles. The summed E-state index contributed by atoms with van der Waals surface area (Å²) in [6.07, 6.45) is -1.42. The molecule has 0 aliphatic carbocycles. The van der Waals surface area contributed by atoms with Crippen molar-refractivity contribution in [1.82, 2.24) is 0 Å². The molecular weight excluding hydrogens is 303 g/mol.